The van der Waals surface area contributed by atoms with Gasteiger partial charge in [0.1, 0.15) is 0 Å². The highest BCUT2D eigenvalue weighted by Crippen LogP contribution is 2.33. The minimum atomic E-state index is 0.614. The molecule has 0 bridgehead atoms. The lowest BCUT2D eigenvalue weighted by Gasteiger charge is -2.36. The average molecular weight is 249 g/mol. The maximum Gasteiger partial charge on any atom is 0.0230 e. The van der Waals surface area contributed by atoms with Crippen molar-refractivity contribution in [1.29, 1.82) is 0 Å². The monoisotopic (exact) mass is 249 g/mol. The molecule has 0 heterocycles. The van der Waals surface area contributed by atoms with Gasteiger partial charge in [0, 0.05) is 17.0 Å². The van der Waals surface area contributed by atoms with E-state index >= 15 is 0 Å². The average Bonchev–Trinajstić information content (AvgIpc) is 2.38. The maximum absolute atomic E-state index is 2.61. The van der Waals surface area contributed by atoms with Crippen molar-refractivity contribution >= 4 is 11.9 Å². The summed E-state index contributed by atoms with van der Waals surface area (Å²) in [5.41, 5.74) is 0. The molecule has 0 unspecified atom stereocenters. The zero-order chi connectivity index (χ0) is 12.1. The minimum Gasteiger partial charge on any atom is -0.241 e. The Morgan fingerprint density at radius 3 is 2.29 bits per heavy atom. The second-order valence-corrected chi connectivity index (χ2v) is 6.23. The summed E-state index contributed by atoms with van der Waals surface area (Å²) >= 11 is 1.94. The first-order valence-electron chi connectivity index (χ1n) is 6.78. The smallest absolute Gasteiger partial charge is 0.0230 e. The van der Waals surface area contributed by atoms with Crippen molar-refractivity contribution in [2.75, 3.05) is 0 Å². The third kappa shape index (κ3) is 3.75. The minimum absolute atomic E-state index is 0.614. The first-order chi connectivity index (χ1) is 8.27. The Balaban J connectivity index is 2.01. The third-order valence-corrected chi connectivity index (χ3v) is 4.81. The van der Waals surface area contributed by atoms with E-state index in [9.17, 15) is 0 Å². The topological polar surface area (TPSA) is 3.24 Å². The van der Waals surface area contributed by atoms with E-state index < -0.39 is 0 Å². The van der Waals surface area contributed by atoms with Gasteiger partial charge in [-0.25, -0.2) is 4.31 Å². The van der Waals surface area contributed by atoms with Crippen LogP contribution in [0.1, 0.15) is 46.0 Å². The van der Waals surface area contributed by atoms with E-state index in [0.29, 0.717) is 6.04 Å². The number of benzene rings is 1. The van der Waals surface area contributed by atoms with Gasteiger partial charge in [0.25, 0.3) is 0 Å². The fourth-order valence-electron chi connectivity index (χ4n) is 2.54. The third-order valence-electron chi connectivity index (χ3n) is 3.40. The van der Waals surface area contributed by atoms with Crippen molar-refractivity contribution in [3.05, 3.63) is 30.3 Å². The standard InChI is InChI=1S/C15H23NS/c1-13(2)16(14-9-5-3-6-10-14)17-15-11-7-4-8-12-15/h4,7-8,11-14H,3,5-6,9-10H2,1-2H3. The van der Waals surface area contributed by atoms with Crippen LogP contribution < -0.4 is 0 Å². The highest BCUT2D eigenvalue weighted by Gasteiger charge is 2.24. The van der Waals surface area contributed by atoms with E-state index in [4.69, 9.17) is 0 Å². The Morgan fingerprint density at radius 1 is 1.06 bits per heavy atom. The molecule has 0 amide bonds. The van der Waals surface area contributed by atoms with Gasteiger partial charge in [-0.15, -0.1) is 0 Å². The van der Waals surface area contributed by atoms with Crippen LogP contribution in [0.4, 0.5) is 0 Å². The summed E-state index contributed by atoms with van der Waals surface area (Å²) in [6.07, 6.45) is 6.99. The molecule has 2 heteroatoms. The molecule has 2 rings (SSSR count). The van der Waals surface area contributed by atoms with Crippen LogP contribution >= 0.6 is 11.9 Å². The summed E-state index contributed by atoms with van der Waals surface area (Å²) in [5, 5.41) is 0. The Bertz CT molecular complexity index is 317. The molecule has 1 aliphatic rings. The number of hydrogen-bond acceptors (Lipinski definition) is 2. The summed E-state index contributed by atoms with van der Waals surface area (Å²) in [6.45, 7) is 4.62. The number of nitrogens with zero attached hydrogens (tertiary/aromatic N) is 1. The van der Waals surface area contributed by atoms with Crippen LogP contribution in [0.5, 0.6) is 0 Å². The second kappa shape index (κ2) is 6.46. The quantitative estimate of drug-likeness (QED) is 0.709. The van der Waals surface area contributed by atoms with E-state index in [-0.39, 0.29) is 0 Å². The summed E-state index contributed by atoms with van der Waals surface area (Å²) in [5.74, 6) is 0. The largest absolute Gasteiger partial charge is 0.241 e. The van der Waals surface area contributed by atoms with Gasteiger partial charge in [0.15, 0.2) is 0 Å². The molecule has 1 saturated carbocycles. The Kier molecular flexibility index (Phi) is 4.93. The lowest BCUT2D eigenvalue weighted by Crippen LogP contribution is -2.36. The van der Waals surface area contributed by atoms with Crippen LogP contribution in [0.25, 0.3) is 0 Å². The molecule has 0 N–H and O–H groups in total. The van der Waals surface area contributed by atoms with E-state index in [1.54, 1.807) is 0 Å². The fraction of sp³-hybridized carbons (Fsp3) is 0.600. The number of hydrogen-bond donors (Lipinski definition) is 0. The van der Waals surface area contributed by atoms with Gasteiger partial charge in [0.05, 0.1) is 0 Å². The van der Waals surface area contributed by atoms with Gasteiger partial charge in [-0.1, -0.05) is 37.5 Å². The molecule has 0 spiro atoms. The van der Waals surface area contributed by atoms with Crippen LogP contribution in [-0.2, 0) is 0 Å². The summed E-state index contributed by atoms with van der Waals surface area (Å²) in [7, 11) is 0. The van der Waals surface area contributed by atoms with Crippen molar-refractivity contribution in [3.8, 4) is 0 Å². The zero-order valence-electron chi connectivity index (χ0n) is 10.9. The zero-order valence-corrected chi connectivity index (χ0v) is 11.7. The molecule has 1 nitrogen and oxygen atoms in total. The maximum atomic E-state index is 2.61. The van der Waals surface area contributed by atoms with Gasteiger partial charge in [-0.05, 0) is 50.8 Å². The van der Waals surface area contributed by atoms with Crippen molar-refractivity contribution in [1.82, 2.24) is 4.31 Å². The van der Waals surface area contributed by atoms with E-state index in [1.807, 2.05) is 11.9 Å². The normalized spacial score (nSPS) is 17.9. The molecule has 1 aromatic carbocycles. The van der Waals surface area contributed by atoms with Crippen LogP contribution in [0.3, 0.4) is 0 Å². The molecular formula is C15H23NS. The van der Waals surface area contributed by atoms with Gasteiger partial charge in [-0.2, -0.15) is 0 Å². The Hall–Kier alpha value is -0.470. The summed E-state index contributed by atoms with van der Waals surface area (Å²) in [6, 6.07) is 12.1. The van der Waals surface area contributed by atoms with Gasteiger partial charge in [0.2, 0.25) is 0 Å². The molecule has 0 aliphatic heterocycles. The molecule has 1 aromatic rings. The first-order valence-corrected chi connectivity index (χ1v) is 7.56. The SMILES string of the molecule is CC(C)N(Sc1ccccc1)C1CCCCC1. The van der Waals surface area contributed by atoms with Gasteiger partial charge in [-0.3, -0.25) is 0 Å². The Labute approximate surface area is 110 Å². The van der Waals surface area contributed by atoms with Crippen molar-refractivity contribution in [2.24, 2.45) is 0 Å². The Morgan fingerprint density at radius 2 is 1.71 bits per heavy atom. The molecule has 1 aliphatic carbocycles. The van der Waals surface area contributed by atoms with Crippen LogP contribution in [-0.4, -0.2) is 16.4 Å². The summed E-state index contributed by atoms with van der Waals surface area (Å²) < 4.78 is 2.61. The highest BCUT2D eigenvalue weighted by atomic mass is 32.2. The lowest BCUT2D eigenvalue weighted by molar-refractivity contribution is 0.238. The van der Waals surface area contributed by atoms with E-state index in [2.05, 4.69) is 48.5 Å². The second-order valence-electron chi connectivity index (χ2n) is 5.15. The summed E-state index contributed by atoms with van der Waals surface area (Å²) in [4.78, 5) is 1.37. The predicted octanol–water partition coefficient (Wildman–Crippen LogP) is 4.74. The fourth-order valence-corrected chi connectivity index (χ4v) is 3.63. The molecule has 0 aromatic heterocycles. The molecule has 0 radical (unpaired) electrons. The lowest BCUT2D eigenvalue weighted by atomic mass is 9.95. The van der Waals surface area contributed by atoms with Crippen molar-refractivity contribution in [3.63, 3.8) is 0 Å². The predicted molar refractivity (Wildman–Crippen MR) is 76.1 cm³/mol. The molecular weight excluding hydrogens is 226 g/mol. The van der Waals surface area contributed by atoms with E-state index in [1.165, 1.54) is 37.0 Å². The first kappa shape index (κ1) is 13.0. The molecule has 0 saturated heterocycles. The van der Waals surface area contributed by atoms with Gasteiger partial charge >= 0.3 is 0 Å². The van der Waals surface area contributed by atoms with E-state index in [0.717, 1.165) is 6.04 Å². The van der Waals surface area contributed by atoms with Crippen LogP contribution in [0.15, 0.2) is 35.2 Å². The highest BCUT2D eigenvalue weighted by molar-refractivity contribution is 7.97. The van der Waals surface area contributed by atoms with Crippen molar-refractivity contribution in [2.45, 2.75) is 62.9 Å². The molecule has 17 heavy (non-hydrogen) atoms. The molecule has 1 fully saturated rings. The molecule has 0 atom stereocenters. The molecule has 94 valence electrons. The van der Waals surface area contributed by atoms with Crippen LogP contribution in [0, 0.1) is 0 Å². The van der Waals surface area contributed by atoms with Crippen LogP contribution in [0.2, 0.25) is 0 Å². The van der Waals surface area contributed by atoms with Gasteiger partial charge < -0.3 is 0 Å². The number of rotatable bonds is 4. The van der Waals surface area contributed by atoms with Crippen molar-refractivity contribution < 1.29 is 0 Å².